The zero-order valence-electron chi connectivity index (χ0n) is 15.1. The maximum Gasteiger partial charge on any atom is 0.200 e. The summed E-state index contributed by atoms with van der Waals surface area (Å²) in [5, 5.41) is 12.0. The van der Waals surface area contributed by atoms with Gasteiger partial charge in [-0.1, -0.05) is 12.1 Å². The summed E-state index contributed by atoms with van der Waals surface area (Å²) in [6.07, 6.45) is 1.55. The normalized spacial score (nSPS) is 16.4. The van der Waals surface area contributed by atoms with Crippen LogP contribution >= 0.6 is 0 Å². The summed E-state index contributed by atoms with van der Waals surface area (Å²) in [7, 11) is 0. The first kappa shape index (κ1) is 18.2. The number of anilines is 1. The fraction of sp³-hybridized carbons (Fsp3) is 0.444. The number of rotatable bonds is 4. The number of oxime groups is 1. The molecule has 1 aromatic carbocycles. The molecule has 7 nitrogen and oxygen atoms in total. The molecule has 0 amide bonds. The smallest absolute Gasteiger partial charge is 0.200 e. The monoisotopic (exact) mass is 361 g/mol. The summed E-state index contributed by atoms with van der Waals surface area (Å²) in [5.41, 5.74) is 6.36. The molecule has 8 heteroatoms. The van der Waals surface area contributed by atoms with E-state index in [4.69, 9.17) is 10.9 Å². The Balaban J connectivity index is 2.12. The lowest BCUT2D eigenvalue weighted by molar-refractivity contribution is 0.270. The number of piperazine rings is 1. The van der Waals surface area contributed by atoms with Gasteiger partial charge in [0.25, 0.3) is 0 Å². The van der Waals surface area contributed by atoms with Gasteiger partial charge in [0.05, 0.1) is 16.8 Å². The van der Waals surface area contributed by atoms with Gasteiger partial charge in [-0.3, -0.25) is 4.79 Å². The minimum Gasteiger partial charge on any atom is -0.409 e. The Kier molecular flexibility index (Phi) is 5.13. The van der Waals surface area contributed by atoms with Crippen molar-refractivity contribution in [1.29, 1.82) is 0 Å². The summed E-state index contributed by atoms with van der Waals surface area (Å²) < 4.78 is 16.6. The van der Waals surface area contributed by atoms with E-state index in [1.54, 1.807) is 12.3 Å². The van der Waals surface area contributed by atoms with E-state index in [0.29, 0.717) is 17.7 Å². The molecule has 0 unspecified atom stereocenters. The molecule has 0 bridgehead atoms. The van der Waals surface area contributed by atoms with E-state index in [0.717, 1.165) is 32.7 Å². The van der Waals surface area contributed by atoms with Crippen LogP contribution in [0.1, 0.15) is 19.4 Å². The molecule has 26 heavy (non-hydrogen) atoms. The minimum absolute atomic E-state index is 0.0607. The molecule has 140 valence electrons. The van der Waals surface area contributed by atoms with Crippen molar-refractivity contribution in [3.05, 3.63) is 39.9 Å². The molecule has 2 heterocycles. The van der Waals surface area contributed by atoms with Crippen molar-refractivity contribution in [2.45, 2.75) is 20.4 Å². The highest BCUT2D eigenvalue weighted by Gasteiger charge is 2.21. The molecule has 3 N–H and O–H groups in total. The van der Waals surface area contributed by atoms with Gasteiger partial charge in [0.15, 0.2) is 5.84 Å². The molecule has 1 saturated heterocycles. The second-order valence-electron chi connectivity index (χ2n) is 6.39. The van der Waals surface area contributed by atoms with Gasteiger partial charge in [0.2, 0.25) is 5.43 Å². The molecule has 0 spiro atoms. The van der Waals surface area contributed by atoms with Crippen LogP contribution in [0, 0.1) is 5.82 Å². The number of aromatic nitrogens is 1. The zero-order chi connectivity index (χ0) is 18.8. The maximum atomic E-state index is 14.8. The van der Waals surface area contributed by atoms with Gasteiger partial charge in [0.1, 0.15) is 5.82 Å². The number of fused-ring (bicyclic) bond motifs is 1. The van der Waals surface area contributed by atoms with E-state index >= 15 is 0 Å². The van der Waals surface area contributed by atoms with Crippen LogP contribution in [0.15, 0.2) is 28.3 Å². The highest BCUT2D eigenvalue weighted by molar-refractivity contribution is 6.00. The lowest BCUT2D eigenvalue weighted by atomic mass is 10.1. The Morgan fingerprint density at radius 3 is 2.50 bits per heavy atom. The number of pyridine rings is 1. The fourth-order valence-electron chi connectivity index (χ4n) is 3.44. The van der Waals surface area contributed by atoms with Gasteiger partial charge < -0.3 is 25.3 Å². The first-order valence-corrected chi connectivity index (χ1v) is 8.82. The number of nitrogens with zero attached hydrogens (tertiary/aromatic N) is 4. The van der Waals surface area contributed by atoms with Crippen LogP contribution in [0.2, 0.25) is 0 Å². The summed E-state index contributed by atoms with van der Waals surface area (Å²) in [5.74, 6) is -0.710. The summed E-state index contributed by atoms with van der Waals surface area (Å²) >= 11 is 0. The lowest BCUT2D eigenvalue weighted by Crippen LogP contribution is -2.46. The third kappa shape index (κ3) is 3.12. The summed E-state index contributed by atoms with van der Waals surface area (Å²) in [6.45, 7) is 8.85. The van der Waals surface area contributed by atoms with Crippen molar-refractivity contribution >= 4 is 22.4 Å². The molecular weight excluding hydrogens is 337 g/mol. The first-order valence-electron chi connectivity index (χ1n) is 8.82. The van der Waals surface area contributed by atoms with Crippen LogP contribution in [-0.4, -0.2) is 53.2 Å². The average Bonchev–Trinajstić information content (AvgIpc) is 2.68. The lowest BCUT2D eigenvalue weighted by Gasteiger charge is -2.35. The van der Waals surface area contributed by atoms with Gasteiger partial charge >= 0.3 is 0 Å². The van der Waals surface area contributed by atoms with Crippen molar-refractivity contribution in [3.8, 4) is 0 Å². The standard InChI is InChI=1S/C18H24FN5O2/c1-3-22-5-7-24(8-6-22)16-10-15-12(9-14(16)19)17(25)13(18(20)21-26)11-23(15)4-2/h9-11,26H,3-8H2,1-2H3,(H2,20,21). The predicted molar refractivity (Wildman–Crippen MR) is 101 cm³/mol. The minimum atomic E-state index is -0.443. The van der Waals surface area contributed by atoms with Gasteiger partial charge in [-0.2, -0.15) is 0 Å². The predicted octanol–water partition coefficient (Wildman–Crippen LogP) is 1.40. The van der Waals surface area contributed by atoms with Gasteiger partial charge in [-0.15, -0.1) is 0 Å². The Labute approximate surface area is 151 Å². The number of amidine groups is 1. The van der Waals surface area contributed by atoms with Crippen molar-refractivity contribution in [2.75, 3.05) is 37.6 Å². The number of nitrogens with two attached hydrogens (primary N) is 1. The number of aryl methyl sites for hydroxylation is 1. The first-order chi connectivity index (χ1) is 12.5. The van der Waals surface area contributed by atoms with E-state index in [1.807, 2.05) is 16.4 Å². The third-order valence-corrected chi connectivity index (χ3v) is 5.03. The zero-order valence-corrected chi connectivity index (χ0v) is 15.1. The number of hydrogen-bond donors (Lipinski definition) is 2. The Morgan fingerprint density at radius 1 is 1.23 bits per heavy atom. The highest BCUT2D eigenvalue weighted by atomic mass is 19.1. The number of benzene rings is 1. The molecular formula is C18H24FN5O2. The average molecular weight is 361 g/mol. The van der Waals surface area contributed by atoms with Gasteiger partial charge in [-0.05, 0) is 25.6 Å². The van der Waals surface area contributed by atoms with Crippen LogP contribution < -0.4 is 16.1 Å². The highest BCUT2D eigenvalue weighted by Crippen LogP contribution is 2.26. The fourth-order valence-corrected chi connectivity index (χ4v) is 3.44. The Morgan fingerprint density at radius 2 is 1.92 bits per heavy atom. The van der Waals surface area contributed by atoms with Crippen LogP contribution in [0.4, 0.5) is 10.1 Å². The molecule has 1 fully saturated rings. The van der Waals surface area contributed by atoms with Crippen molar-refractivity contribution in [2.24, 2.45) is 10.9 Å². The van der Waals surface area contributed by atoms with Crippen LogP contribution in [-0.2, 0) is 6.54 Å². The van der Waals surface area contributed by atoms with Gasteiger partial charge in [-0.25, -0.2) is 4.39 Å². The van der Waals surface area contributed by atoms with E-state index in [-0.39, 0.29) is 16.8 Å². The molecule has 0 aliphatic carbocycles. The molecule has 1 aliphatic heterocycles. The molecule has 3 rings (SSSR count). The second-order valence-corrected chi connectivity index (χ2v) is 6.39. The van der Waals surface area contributed by atoms with E-state index in [2.05, 4.69) is 17.0 Å². The van der Waals surface area contributed by atoms with Crippen molar-refractivity contribution in [1.82, 2.24) is 9.47 Å². The van der Waals surface area contributed by atoms with Crippen molar-refractivity contribution < 1.29 is 9.60 Å². The van der Waals surface area contributed by atoms with E-state index in [9.17, 15) is 9.18 Å². The Hall–Kier alpha value is -2.61. The number of hydrogen-bond acceptors (Lipinski definition) is 5. The van der Waals surface area contributed by atoms with Crippen molar-refractivity contribution in [3.63, 3.8) is 0 Å². The molecule has 0 saturated carbocycles. The van der Waals surface area contributed by atoms with E-state index in [1.165, 1.54) is 6.07 Å². The summed E-state index contributed by atoms with van der Waals surface area (Å²) in [4.78, 5) is 17.0. The van der Waals surface area contributed by atoms with Crippen LogP contribution in [0.5, 0.6) is 0 Å². The topological polar surface area (TPSA) is 87.1 Å². The second kappa shape index (κ2) is 7.33. The van der Waals surface area contributed by atoms with E-state index < -0.39 is 11.2 Å². The molecule has 2 aromatic rings. The largest absolute Gasteiger partial charge is 0.409 e. The Bertz CT molecular complexity index is 901. The van der Waals surface area contributed by atoms with Gasteiger partial charge in [0, 0.05) is 44.3 Å². The van der Waals surface area contributed by atoms with Crippen LogP contribution in [0.25, 0.3) is 10.9 Å². The molecule has 0 radical (unpaired) electrons. The number of halogens is 1. The molecule has 1 aliphatic rings. The molecule has 1 aromatic heterocycles. The summed E-state index contributed by atoms with van der Waals surface area (Å²) in [6, 6.07) is 2.99. The van der Waals surface area contributed by atoms with Crippen LogP contribution in [0.3, 0.4) is 0 Å². The molecule has 0 atom stereocenters. The quantitative estimate of drug-likeness (QED) is 0.372. The SMILES string of the molecule is CCN1CCN(c2cc3c(cc2F)c(=O)c(/C(N)=N/O)cn3CC)CC1. The third-order valence-electron chi connectivity index (χ3n) is 5.03. The maximum absolute atomic E-state index is 14.8. The number of likely N-dealkylation sites (N-methyl/N-ethyl adjacent to an activating group) is 1.